The Kier molecular flexibility index (Phi) is 5.94. The molecule has 2 amide bonds. The third kappa shape index (κ3) is 4.65. The van der Waals surface area contributed by atoms with Gasteiger partial charge in [0.2, 0.25) is 5.91 Å². The summed E-state index contributed by atoms with van der Waals surface area (Å²) in [5.41, 5.74) is 1.52. The van der Waals surface area contributed by atoms with Gasteiger partial charge in [-0.15, -0.1) is 0 Å². The first-order valence-corrected chi connectivity index (χ1v) is 8.85. The quantitative estimate of drug-likeness (QED) is 0.896. The van der Waals surface area contributed by atoms with Gasteiger partial charge in [0.25, 0.3) is 5.91 Å². The second kappa shape index (κ2) is 8.56. The van der Waals surface area contributed by atoms with Crippen molar-refractivity contribution in [1.29, 1.82) is 0 Å². The Balaban J connectivity index is 1.51. The molecule has 1 saturated heterocycles. The number of aromatic nitrogens is 1. The predicted octanol–water partition coefficient (Wildman–Crippen LogP) is 2.43. The van der Waals surface area contributed by atoms with E-state index in [2.05, 4.69) is 10.3 Å². The summed E-state index contributed by atoms with van der Waals surface area (Å²) in [6.45, 7) is 1.57. The molecule has 1 unspecified atom stereocenters. The number of piperidine rings is 1. The number of halogens is 1. The number of benzene rings is 1. The highest BCUT2D eigenvalue weighted by Crippen LogP contribution is 2.19. The van der Waals surface area contributed by atoms with Crippen LogP contribution < -0.4 is 5.32 Å². The van der Waals surface area contributed by atoms with Gasteiger partial charge in [0.15, 0.2) is 0 Å². The first-order valence-electron chi connectivity index (χ1n) is 8.85. The van der Waals surface area contributed by atoms with Crippen molar-refractivity contribution in [3.05, 3.63) is 65.7 Å². The van der Waals surface area contributed by atoms with Gasteiger partial charge in [-0.1, -0.05) is 6.07 Å². The van der Waals surface area contributed by atoms with E-state index < -0.39 is 0 Å². The highest BCUT2D eigenvalue weighted by atomic mass is 19.1. The number of nitrogens with zero attached hydrogens (tertiary/aromatic N) is 2. The maximum Gasteiger partial charge on any atom is 0.253 e. The van der Waals surface area contributed by atoms with Crippen molar-refractivity contribution in [3.8, 4) is 0 Å². The van der Waals surface area contributed by atoms with E-state index in [1.807, 2.05) is 12.1 Å². The van der Waals surface area contributed by atoms with Crippen molar-refractivity contribution < 1.29 is 14.0 Å². The average Bonchev–Trinajstić information content (AvgIpc) is 2.69. The van der Waals surface area contributed by atoms with Crippen molar-refractivity contribution in [1.82, 2.24) is 15.2 Å². The molecule has 0 spiro atoms. The van der Waals surface area contributed by atoms with E-state index in [1.54, 1.807) is 17.3 Å². The molecule has 0 radical (unpaired) electrons. The standard InChI is InChI=1S/C20H22FN3O2/c21-18-7-5-16(6-8-18)20(26)24-12-2-4-17(14-24)19(25)23-11-9-15-3-1-10-22-13-15/h1,3,5-8,10,13,17H,2,4,9,11-12,14H2,(H,23,25). The van der Waals surface area contributed by atoms with Gasteiger partial charge in [-0.05, 0) is 55.2 Å². The monoisotopic (exact) mass is 355 g/mol. The molecule has 1 aliphatic rings. The zero-order valence-corrected chi connectivity index (χ0v) is 14.5. The predicted molar refractivity (Wildman–Crippen MR) is 96.0 cm³/mol. The molecule has 6 heteroatoms. The van der Waals surface area contributed by atoms with Crippen molar-refractivity contribution in [3.63, 3.8) is 0 Å². The van der Waals surface area contributed by atoms with Crippen LogP contribution in [0.5, 0.6) is 0 Å². The Hall–Kier alpha value is -2.76. The Morgan fingerprint density at radius 1 is 1.23 bits per heavy atom. The second-order valence-corrected chi connectivity index (χ2v) is 6.50. The minimum atomic E-state index is -0.369. The maximum atomic E-state index is 13.0. The summed E-state index contributed by atoms with van der Waals surface area (Å²) >= 11 is 0. The van der Waals surface area contributed by atoms with Crippen LogP contribution in [0.2, 0.25) is 0 Å². The molecule has 2 aromatic rings. The van der Waals surface area contributed by atoms with Gasteiger partial charge in [-0.25, -0.2) is 4.39 Å². The van der Waals surface area contributed by atoms with E-state index in [-0.39, 0.29) is 23.5 Å². The van der Waals surface area contributed by atoms with Crippen LogP contribution in [0.25, 0.3) is 0 Å². The molecule has 1 aromatic heterocycles. The fraction of sp³-hybridized carbons (Fsp3) is 0.350. The van der Waals surface area contributed by atoms with Crippen molar-refractivity contribution in [2.24, 2.45) is 5.92 Å². The van der Waals surface area contributed by atoms with Gasteiger partial charge in [0, 0.05) is 37.6 Å². The lowest BCUT2D eigenvalue weighted by molar-refractivity contribution is -0.126. The molecular formula is C20H22FN3O2. The lowest BCUT2D eigenvalue weighted by Crippen LogP contribution is -2.45. The smallest absolute Gasteiger partial charge is 0.253 e. The van der Waals surface area contributed by atoms with E-state index in [0.29, 0.717) is 25.2 Å². The van der Waals surface area contributed by atoms with Crippen LogP contribution in [0.3, 0.4) is 0 Å². The molecule has 1 fully saturated rings. The topological polar surface area (TPSA) is 62.3 Å². The van der Waals surface area contributed by atoms with Crippen molar-refractivity contribution >= 4 is 11.8 Å². The molecule has 26 heavy (non-hydrogen) atoms. The molecule has 5 nitrogen and oxygen atoms in total. The van der Waals surface area contributed by atoms with Gasteiger partial charge in [-0.3, -0.25) is 14.6 Å². The summed E-state index contributed by atoms with van der Waals surface area (Å²) in [5, 5.41) is 2.95. The highest BCUT2D eigenvalue weighted by molar-refractivity contribution is 5.94. The molecule has 1 atom stereocenters. The average molecular weight is 355 g/mol. The molecule has 0 bridgehead atoms. The molecule has 136 valence electrons. The summed E-state index contributed by atoms with van der Waals surface area (Å²) in [7, 11) is 0. The lowest BCUT2D eigenvalue weighted by atomic mass is 9.96. The number of carbonyl (C=O) groups is 2. The Bertz CT molecular complexity index is 749. The van der Waals surface area contributed by atoms with E-state index >= 15 is 0 Å². The maximum absolute atomic E-state index is 13.0. The van der Waals surface area contributed by atoms with E-state index in [1.165, 1.54) is 24.3 Å². The number of carbonyl (C=O) groups excluding carboxylic acids is 2. The summed E-state index contributed by atoms with van der Waals surface area (Å²) in [6, 6.07) is 9.37. The van der Waals surface area contributed by atoms with Crippen LogP contribution in [0.1, 0.15) is 28.8 Å². The number of amides is 2. The SMILES string of the molecule is O=C(NCCc1cccnc1)C1CCCN(C(=O)c2ccc(F)cc2)C1. The number of rotatable bonds is 5. The van der Waals surface area contributed by atoms with Gasteiger partial charge in [-0.2, -0.15) is 0 Å². The fourth-order valence-electron chi connectivity index (χ4n) is 3.17. The molecule has 1 N–H and O–H groups in total. The molecular weight excluding hydrogens is 333 g/mol. The summed E-state index contributed by atoms with van der Waals surface area (Å²) in [5.74, 6) is -0.753. The Morgan fingerprint density at radius 3 is 2.77 bits per heavy atom. The van der Waals surface area contributed by atoms with Crippen LogP contribution in [0, 0.1) is 11.7 Å². The van der Waals surface area contributed by atoms with Crippen LogP contribution in [0.4, 0.5) is 4.39 Å². The van der Waals surface area contributed by atoms with Crippen LogP contribution in [-0.2, 0) is 11.2 Å². The van der Waals surface area contributed by atoms with Gasteiger partial charge < -0.3 is 10.2 Å². The van der Waals surface area contributed by atoms with Gasteiger partial charge in [0.05, 0.1) is 5.92 Å². The molecule has 1 aromatic carbocycles. The number of nitrogens with one attached hydrogen (secondary N) is 1. The van der Waals surface area contributed by atoms with E-state index in [0.717, 1.165) is 24.8 Å². The third-order valence-electron chi connectivity index (χ3n) is 4.61. The van der Waals surface area contributed by atoms with Crippen LogP contribution in [-0.4, -0.2) is 41.3 Å². The van der Waals surface area contributed by atoms with Crippen LogP contribution >= 0.6 is 0 Å². The summed E-state index contributed by atoms with van der Waals surface area (Å²) < 4.78 is 13.0. The van der Waals surface area contributed by atoms with Gasteiger partial charge >= 0.3 is 0 Å². The third-order valence-corrected chi connectivity index (χ3v) is 4.61. The Labute approximate surface area is 152 Å². The minimum Gasteiger partial charge on any atom is -0.355 e. The Morgan fingerprint density at radius 2 is 2.04 bits per heavy atom. The molecule has 3 rings (SSSR count). The second-order valence-electron chi connectivity index (χ2n) is 6.50. The number of hydrogen-bond donors (Lipinski definition) is 1. The summed E-state index contributed by atoms with van der Waals surface area (Å²) in [6.07, 6.45) is 5.79. The molecule has 2 heterocycles. The van der Waals surface area contributed by atoms with E-state index in [4.69, 9.17) is 0 Å². The highest BCUT2D eigenvalue weighted by Gasteiger charge is 2.28. The summed E-state index contributed by atoms with van der Waals surface area (Å²) in [4.78, 5) is 30.7. The fourth-order valence-corrected chi connectivity index (χ4v) is 3.17. The number of likely N-dealkylation sites (tertiary alicyclic amines) is 1. The van der Waals surface area contributed by atoms with Crippen LogP contribution in [0.15, 0.2) is 48.8 Å². The molecule has 0 saturated carbocycles. The van der Waals surface area contributed by atoms with E-state index in [9.17, 15) is 14.0 Å². The zero-order valence-electron chi connectivity index (χ0n) is 14.5. The minimum absolute atomic E-state index is 0.0227. The lowest BCUT2D eigenvalue weighted by Gasteiger charge is -2.32. The van der Waals surface area contributed by atoms with Gasteiger partial charge in [0.1, 0.15) is 5.82 Å². The zero-order chi connectivity index (χ0) is 18.4. The number of pyridine rings is 1. The van der Waals surface area contributed by atoms with Crippen molar-refractivity contribution in [2.75, 3.05) is 19.6 Å². The largest absolute Gasteiger partial charge is 0.355 e. The molecule has 1 aliphatic heterocycles. The van der Waals surface area contributed by atoms with Crippen molar-refractivity contribution in [2.45, 2.75) is 19.3 Å². The normalized spacial score (nSPS) is 17.0. The first kappa shape index (κ1) is 18.0. The number of hydrogen-bond acceptors (Lipinski definition) is 3. The first-order chi connectivity index (χ1) is 12.6. The molecule has 0 aliphatic carbocycles.